The number of carboxylic acids is 1. The Morgan fingerprint density at radius 3 is 1.45 bits per heavy atom. The van der Waals surface area contributed by atoms with E-state index in [0.717, 1.165) is 0 Å². The highest BCUT2D eigenvalue weighted by molar-refractivity contribution is 5.94. The Hall–Kier alpha value is -3.30. The zero-order valence-electron chi connectivity index (χ0n) is 16.6. The highest BCUT2D eigenvalue weighted by Crippen LogP contribution is 2.00. The Morgan fingerprint density at radius 2 is 1.06 bits per heavy atom. The minimum absolute atomic E-state index is 0.107. The van der Waals surface area contributed by atoms with Crippen LogP contribution >= 0.6 is 0 Å². The molecule has 0 aromatic rings. The van der Waals surface area contributed by atoms with Crippen molar-refractivity contribution in [3.05, 3.63) is 0 Å². The lowest BCUT2D eigenvalue weighted by molar-refractivity contribution is -0.143. The maximum atomic E-state index is 12.2. The van der Waals surface area contributed by atoms with Gasteiger partial charge in [0.05, 0.1) is 19.3 Å². The van der Waals surface area contributed by atoms with Crippen LogP contribution < -0.4 is 33.2 Å². The van der Waals surface area contributed by atoms with Crippen molar-refractivity contribution < 1.29 is 44.1 Å². The standard InChI is InChI=1S/C16H28N6O9/c17-7(1-3-11(18)25)13(27)21-9(5-23)15(29)22-10(6-24)14(28)20-8(16(30)31)2-4-12(19)26/h7-10,23-24H,1-6,17H2,(H2,18,25)(H2,19,26)(H,20,28)(H,21,27)(H,22,29)(H,30,31). The summed E-state index contributed by atoms with van der Waals surface area (Å²) >= 11 is 0. The lowest BCUT2D eigenvalue weighted by Crippen LogP contribution is -2.59. The molecule has 0 saturated heterocycles. The number of aliphatic hydroxyl groups excluding tert-OH is 2. The number of hydrogen-bond donors (Lipinski definition) is 9. The minimum Gasteiger partial charge on any atom is -0.480 e. The first kappa shape index (κ1) is 27.7. The fourth-order valence-corrected chi connectivity index (χ4v) is 2.18. The van der Waals surface area contributed by atoms with Gasteiger partial charge in [0.2, 0.25) is 29.5 Å². The van der Waals surface area contributed by atoms with E-state index in [4.69, 9.17) is 22.3 Å². The number of carbonyl (C=O) groups excluding carboxylic acids is 5. The molecular weight excluding hydrogens is 420 g/mol. The van der Waals surface area contributed by atoms with Crippen LogP contribution in [0.1, 0.15) is 25.7 Å². The molecule has 15 heteroatoms. The number of carboxylic acid groups (broad SMARTS) is 1. The molecule has 0 fully saturated rings. The molecule has 0 spiro atoms. The van der Waals surface area contributed by atoms with Crippen molar-refractivity contribution in [1.82, 2.24) is 16.0 Å². The second-order valence-electron chi connectivity index (χ2n) is 6.50. The van der Waals surface area contributed by atoms with E-state index in [9.17, 15) is 39.0 Å². The van der Waals surface area contributed by atoms with Crippen LogP contribution in [0.5, 0.6) is 0 Å². The van der Waals surface area contributed by atoms with E-state index in [2.05, 4.69) is 5.32 Å². The van der Waals surface area contributed by atoms with Gasteiger partial charge in [0, 0.05) is 12.8 Å². The van der Waals surface area contributed by atoms with Gasteiger partial charge < -0.3 is 48.5 Å². The van der Waals surface area contributed by atoms with Gasteiger partial charge in [-0.05, 0) is 12.8 Å². The van der Waals surface area contributed by atoms with Crippen LogP contribution in [0.15, 0.2) is 0 Å². The van der Waals surface area contributed by atoms with Gasteiger partial charge >= 0.3 is 5.97 Å². The number of aliphatic carboxylic acids is 1. The van der Waals surface area contributed by atoms with Gasteiger partial charge in [-0.25, -0.2) is 4.79 Å². The predicted molar refractivity (Wildman–Crippen MR) is 102 cm³/mol. The number of rotatable bonds is 15. The Labute approximate surface area is 176 Å². The maximum Gasteiger partial charge on any atom is 0.326 e. The van der Waals surface area contributed by atoms with Crippen LogP contribution in [0.25, 0.3) is 0 Å². The molecule has 176 valence electrons. The Morgan fingerprint density at radius 1 is 0.677 bits per heavy atom. The largest absolute Gasteiger partial charge is 0.480 e. The van der Waals surface area contributed by atoms with Gasteiger partial charge in [0.25, 0.3) is 0 Å². The van der Waals surface area contributed by atoms with Crippen molar-refractivity contribution in [2.24, 2.45) is 17.2 Å². The molecule has 0 heterocycles. The highest BCUT2D eigenvalue weighted by Gasteiger charge is 2.29. The third-order valence-electron chi connectivity index (χ3n) is 3.96. The van der Waals surface area contributed by atoms with Gasteiger partial charge in [0.1, 0.15) is 18.1 Å². The molecule has 0 bridgehead atoms. The number of primary amides is 2. The van der Waals surface area contributed by atoms with Crippen molar-refractivity contribution in [3.8, 4) is 0 Å². The Balaban J connectivity index is 4.97. The molecule has 5 amide bonds. The zero-order chi connectivity index (χ0) is 24.1. The lowest BCUT2D eigenvalue weighted by Gasteiger charge is -2.23. The van der Waals surface area contributed by atoms with Crippen molar-refractivity contribution in [3.63, 3.8) is 0 Å². The smallest absolute Gasteiger partial charge is 0.326 e. The van der Waals surface area contributed by atoms with Gasteiger partial charge in [-0.1, -0.05) is 0 Å². The van der Waals surface area contributed by atoms with E-state index in [-0.39, 0.29) is 25.7 Å². The van der Waals surface area contributed by atoms with Crippen molar-refractivity contribution in [2.75, 3.05) is 13.2 Å². The summed E-state index contributed by atoms with van der Waals surface area (Å²) in [4.78, 5) is 69.1. The summed E-state index contributed by atoms with van der Waals surface area (Å²) in [6.07, 6.45) is -0.939. The molecule has 0 rings (SSSR count). The second-order valence-corrected chi connectivity index (χ2v) is 6.50. The molecule has 0 aromatic carbocycles. The van der Waals surface area contributed by atoms with E-state index in [1.807, 2.05) is 10.6 Å². The molecule has 12 N–H and O–H groups in total. The first-order valence-electron chi connectivity index (χ1n) is 9.10. The second kappa shape index (κ2) is 13.8. The lowest BCUT2D eigenvalue weighted by atomic mass is 10.1. The van der Waals surface area contributed by atoms with Crippen LogP contribution in [0.4, 0.5) is 0 Å². The SMILES string of the molecule is NC(=O)CCC(N)C(=O)NC(CO)C(=O)NC(CO)C(=O)NC(CCC(N)=O)C(=O)O. The van der Waals surface area contributed by atoms with E-state index >= 15 is 0 Å². The molecule has 0 radical (unpaired) electrons. The summed E-state index contributed by atoms with van der Waals surface area (Å²) in [7, 11) is 0. The number of carbonyl (C=O) groups is 6. The van der Waals surface area contributed by atoms with Gasteiger partial charge in [-0.3, -0.25) is 24.0 Å². The third kappa shape index (κ3) is 10.9. The number of nitrogens with two attached hydrogens (primary N) is 3. The van der Waals surface area contributed by atoms with Crippen LogP contribution in [-0.4, -0.2) is 88.2 Å². The quantitative estimate of drug-likeness (QED) is 0.114. The summed E-state index contributed by atoms with van der Waals surface area (Å²) in [6.45, 7) is -1.83. The summed E-state index contributed by atoms with van der Waals surface area (Å²) in [5.41, 5.74) is 15.4. The first-order valence-corrected chi connectivity index (χ1v) is 9.10. The molecule has 4 atom stereocenters. The minimum atomic E-state index is -1.63. The Kier molecular flexibility index (Phi) is 12.4. The first-order chi connectivity index (χ1) is 14.4. The zero-order valence-corrected chi connectivity index (χ0v) is 16.6. The van der Waals surface area contributed by atoms with Gasteiger partial charge in [-0.15, -0.1) is 0 Å². The van der Waals surface area contributed by atoms with Crippen molar-refractivity contribution in [2.45, 2.75) is 49.9 Å². The topological polar surface area (TPSA) is 277 Å². The normalized spacial score (nSPS) is 14.4. The Bertz CT molecular complexity index is 686. The maximum absolute atomic E-state index is 12.2. The van der Waals surface area contributed by atoms with E-state index in [1.54, 1.807) is 0 Å². The number of nitrogens with one attached hydrogen (secondary N) is 3. The van der Waals surface area contributed by atoms with Crippen LogP contribution in [0.2, 0.25) is 0 Å². The van der Waals surface area contributed by atoms with Crippen LogP contribution in [0, 0.1) is 0 Å². The predicted octanol–water partition coefficient (Wildman–Crippen LogP) is -5.63. The van der Waals surface area contributed by atoms with Crippen LogP contribution in [-0.2, 0) is 28.8 Å². The van der Waals surface area contributed by atoms with E-state index in [1.165, 1.54) is 0 Å². The average molecular weight is 448 g/mol. The number of hydrogen-bond acceptors (Lipinski definition) is 9. The fraction of sp³-hybridized carbons (Fsp3) is 0.625. The monoisotopic (exact) mass is 448 g/mol. The molecule has 4 unspecified atom stereocenters. The number of aliphatic hydroxyl groups is 2. The van der Waals surface area contributed by atoms with E-state index < -0.39 is 72.9 Å². The molecule has 0 saturated carbocycles. The van der Waals surface area contributed by atoms with Crippen LogP contribution in [0.3, 0.4) is 0 Å². The molecule has 0 aliphatic carbocycles. The molecular formula is C16H28N6O9. The van der Waals surface area contributed by atoms with Gasteiger partial charge in [-0.2, -0.15) is 0 Å². The molecule has 0 aliphatic heterocycles. The summed E-state index contributed by atoms with van der Waals surface area (Å²) in [5, 5.41) is 34.0. The van der Waals surface area contributed by atoms with Crippen molar-refractivity contribution in [1.29, 1.82) is 0 Å². The number of amides is 5. The summed E-state index contributed by atoms with van der Waals surface area (Å²) < 4.78 is 0. The third-order valence-corrected chi connectivity index (χ3v) is 3.96. The fourth-order valence-electron chi connectivity index (χ4n) is 2.18. The molecule has 0 aromatic heterocycles. The highest BCUT2D eigenvalue weighted by atomic mass is 16.4. The molecule has 31 heavy (non-hydrogen) atoms. The average Bonchev–Trinajstić information content (AvgIpc) is 2.70. The van der Waals surface area contributed by atoms with Gasteiger partial charge in [0.15, 0.2) is 0 Å². The molecule has 0 aliphatic rings. The van der Waals surface area contributed by atoms with E-state index in [0.29, 0.717) is 0 Å². The summed E-state index contributed by atoms with van der Waals surface area (Å²) in [6, 6.07) is -5.90. The van der Waals surface area contributed by atoms with Crippen molar-refractivity contribution >= 4 is 35.5 Å². The summed E-state index contributed by atoms with van der Waals surface area (Å²) in [5.74, 6) is -5.99. The molecule has 15 nitrogen and oxygen atoms in total.